The molecule has 7 nitrogen and oxygen atoms in total. The van der Waals surface area contributed by atoms with Crippen molar-refractivity contribution in [2.75, 3.05) is 32.7 Å². The van der Waals surface area contributed by atoms with Crippen molar-refractivity contribution in [1.29, 1.82) is 0 Å². The molecule has 1 fully saturated rings. The first kappa shape index (κ1) is 24.6. The van der Waals surface area contributed by atoms with Crippen LogP contribution in [0.15, 0.2) is 24.3 Å². The number of rotatable bonds is 6. The van der Waals surface area contributed by atoms with Gasteiger partial charge in [-0.05, 0) is 56.8 Å². The summed E-state index contributed by atoms with van der Waals surface area (Å²) in [5, 5.41) is 14.8. The Balaban J connectivity index is 0.00000160. The minimum absolute atomic E-state index is 0. The normalized spacial score (nSPS) is 16.8. The molecule has 0 radical (unpaired) electrons. The number of hydrogen-bond acceptors (Lipinski definition) is 5. The van der Waals surface area contributed by atoms with Crippen molar-refractivity contribution in [3.63, 3.8) is 0 Å². The number of nitrogens with zero attached hydrogens (tertiary/aromatic N) is 4. The molecule has 9 heteroatoms. The van der Waals surface area contributed by atoms with Gasteiger partial charge in [-0.2, -0.15) is 0 Å². The molecule has 1 aromatic carbocycles. The van der Waals surface area contributed by atoms with Crippen LogP contribution in [0.5, 0.6) is 0 Å². The fourth-order valence-corrected chi connectivity index (χ4v) is 4.28. The number of benzene rings is 1. The Morgan fingerprint density at radius 1 is 1.20 bits per heavy atom. The molecule has 2 aromatic rings. The van der Waals surface area contributed by atoms with Gasteiger partial charge < -0.3 is 10.6 Å². The molecule has 0 aliphatic carbocycles. The zero-order valence-electron chi connectivity index (χ0n) is 17.5. The van der Waals surface area contributed by atoms with E-state index in [1.807, 2.05) is 11.6 Å². The second kappa shape index (κ2) is 11.6. The molecule has 2 aliphatic rings. The third-order valence-electron chi connectivity index (χ3n) is 5.94. The van der Waals surface area contributed by atoms with Crippen LogP contribution in [0.25, 0.3) is 0 Å². The maximum Gasteiger partial charge on any atom is 0.273 e. The topological polar surface area (TPSA) is 75.1 Å². The first-order valence-electron chi connectivity index (χ1n) is 10.4. The van der Waals surface area contributed by atoms with E-state index in [9.17, 15) is 4.79 Å². The first-order chi connectivity index (χ1) is 13.7. The zero-order chi connectivity index (χ0) is 19.3. The van der Waals surface area contributed by atoms with Crippen LogP contribution in [0.2, 0.25) is 0 Å². The molecule has 3 heterocycles. The predicted octanol–water partition coefficient (Wildman–Crippen LogP) is 2.53. The van der Waals surface area contributed by atoms with E-state index < -0.39 is 0 Å². The van der Waals surface area contributed by atoms with Crippen LogP contribution >= 0.6 is 24.8 Å². The number of aromatic nitrogens is 3. The fraction of sp³-hybridized carbons (Fsp3) is 0.571. The largest absolute Gasteiger partial charge is 0.351 e. The summed E-state index contributed by atoms with van der Waals surface area (Å²) < 4.78 is 1.93. The van der Waals surface area contributed by atoms with Gasteiger partial charge in [0.05, 0.1) is 11.7 Å². The molecule has 166 valence electrons. The molecule has 30 heavy (non-hydrogen) atoms. The van der Waals surface area contributed by atoms with Crippen LogP contribution in [0, 0.1) is 6.92 Å². The summed E-state index contributed by atoms with van der Waals surface area (Å²) in [6, 6.07) is 9.02. The lowest BCUT2D eigenvalue weighted by molar-refractivity contribution is 0.0945. The van der Waals surface area contributed by atoms with Crippen LogP contribution in [-0.2, 0) is 13.0 Å². The van der Waals surface area contributed by atoms with Gasteiger partial charge in [-0.25, -0.2) is 4.68 Å². The molecule has 1 amide bonds. The molecule has 0 atom stereocenters. The number of carbonyl (C=O) groups excluding carboxylic acids is 1. The lowest BCUT2D eigenvalue weighted by atomic mass is 10.00. The fourth-order valence-electron chi connectivity index (χ4n) is 4.28. The van der Waals surface area contributed by atoms with Crippen LogP contribution in [0.1, 0.15) is 52.6 Å². The van der Waals surface area contributed by atoms with Gasteiger partial charge in [0.15, 0.2) is 5.69 Å². The Hall–Kier alpha value is -1.67. The summed E-state index contributed by atoms with van der Waals surface area (Å²) >= 11 is 0. The van der Waals surface area contributed by atoms with E-state index in [4.69, 9.17) is 0 Å². The van der Waals surface area contributed by atoms with Gasteiger partial charge in [0, 0.05) is 26.2 Å². The summed E-state index contributed by atoms with van der Waals surface area (Å²) in [5.74, 6) is -0.110. The van der Waals surface area contributed by atoms with E-state index in [-0.39, 0.29) is 30.7 Å². The molecular weight excluding hydrogens is 423 g/mol. The lowest BCUT2D eigenvalue weighted by Crippen LogP contribution is -2.34. The van der Waals surface area contributed by atoms with Crippen molar-refractivity contribution in [3.8, 4) is 0 Å². The highest BCUT2D eigenvalue weighted by molar-refractivity contribution is 5.93. The number of carbonyl (C=O) groups is 1. The highest BCUT2D eigenvalue weighted by Gasteiger charge is 2.22. The third kappa shape index (κ3) is 5.72. The van der Waals surface area contributed by atoms with E-state index in [0.29, 0.717) is 18.3 Å². The predicted molar refractivity (Wildman–Crippen MR) is 123 cm³/mol. The Morgan fingerprint density at radius 3 is 2.70 bits per heavy atom. The van der Waals surface area contributed by atoms with Crippen molar-refractivity contribution < 1.29 is 4.79 Å². The van der Waals surface area contributed by atoms with Gasteiger partial charge in [-0.1, -0.05) is 29.5 Å². The van der Waals surface area contributed by atoms with Crippen LogP contribution in [0.3, 0.4) is 0 Å². The van der Waals surface area contributed by atoms with Crippen LogP contribution < -0.4 is 10.6 Å². The molecule has 0 spiro atoms. The van der Waals surface area contributed by atoms with E-state index in [1.54, 1.807) is 0 Å². The maximum atomic E-state index is 12.5. The number of piperidine rings is 1. The Labute approximate surface area is 190 Å². The highest BCUT2D eigenvalue weighted by Crippen LogP contribution is 2.20. The molecule has 0 bridgehead atoms. The summed E-state index contributed by atoms with van der Waals surface area (Å²) in [6.07, 6.45) is 4.12. The van der Waals surface area contributed by atoms with Crippen molar-refractivity contribution in [3.05, 3.63) is 46.8 Å². The summed E-state index contributed by atoms with van der Waals surface area (Å²) in [6.45, 7) is 7.69. The van der Waals surface area contributed by atoms with E-state index in [0.717, 1.165) is 64.1 Å². The molecule has 1 saturated heterocycles. The highest BCUT2D eigenvalue weighted by atomic mass is 35.5. The summed E-state index contributed by atoms with van der Waals surface area (Å²) in [5.41, 5.74) is 4.24. The first-order valence-corrected chi connectivity index (χ1v) is 10.4. The number of halogens is 2. The SMILES string of the molecule is Cc1c(C(=O)NCCCN2CCc3ccccc3C2)nnn1C1CCNCC1.Cl.Cl. The van der Waals surface area contributed by atoms with Crippen molar-refractivity contribution in [2.45, 2.75) is 45.2 Å². The van der Waals surface area contributed by atoms with E-state index in [1.165, 1.54) is 11.1 Å². The molecule has 4 rings (SSSR count). The van der Waals surface area contributed by atoms with Gasteiger partial charge >= 0.3 is 0 Å². The van der Waals surface area contributed by atoms with E-state index >= 15 is 0 Å². The number of nitrogens with one attached hydrogen (secondary N) is 2. The van der Waals surface area contributed by atoms with Crippen molar-refractivity contribution in [2.24, 2.45) is 0 Å². The Kier molecular flexibility index (Phi) is 9.55. The van der Waals surface area contributed by atoms with Crippen LogP contribution in [-0.4, -0.2) is 58.5 Å². The monoisotopic (exact) mass is 454 g/mol. The van der Waals surface area contributed by atoms with Gasteiger partial charge in [-0.15, -0.1) is 29.9 Å². The maximum absolute atomic E-state index is 12.5. The van der Waals surface area contributed by atoms with Gasteiger partial charge in [-0.3, -0.25) is 9.69 Å². The van der Waals surface area contributed by atoms with Gasteiger partial charge in [0.2, 0.25) is 0 Å². The molecule has 2 N–H and O–H groups in total. The number of fused-ring (bicyclic) bond motifs is 1. The lowest BCUT2D eigenvalue weighted by Gasteiger charge is -2.28. The second-order valence-corrected chi connectivity index (χ2v) is 7.85. The number of hydrogen-bond donors (Lipinski definition) is 2. The van der Waals surface area contributed by atoms with Crippen molar-refractivity contribution in [1.82, 2.24) is 30.5 Å². The van der Waals surface area contributed by atoms with Gasteiger partial charge in [0.25, 0.3) is 5.91 Å². The number of amides is 1. The van der Waals surface area contributed by atoms with E-state index in [2.05, 4.69) is 50.1 Å². The average molecular weight is 455 g/mol. The second-order valence-electron chi connectivity index (χ2n) is 7.85. The Bertz CT molecular complexity index is 822. The molecule has 0 unspecified atom stereocenters. The standard InChI is InChI=1S/C21H30N6O.2ClH/c1-16-20(24-25-27(16)19-7-11-22-12-8-19)21(28)23-10-4-13-26-14-9-17-5-2-3-6-18(17)15-26;;/h2-3,5-6,19,22H,4,7-15H2,1H3,(H,23,28);2*1H. The molecule has 1 aromatic heterocycles. The minimum Gasteiger partial charge on any atom is -0.351 e. The summed E-state index contributed by atoms with van der Waals surface area (Å²) in [7, 11) is 0. The molecular formula is C21H32Cl2N6O. The Morgan fingerprint density at radius 2 is 1.93 bits per heavy atom. The van der Waals surface area contributed by atoms with Crippen LogP contribution in [0.4, 0.5) is 0 Å². The molecule has 2 aliphatic heterocycles. The quantitative estimate of drug-likeness (QED) is 0.655. The molecule has 0 saturated carbocycles. The third-order valence-corrected chi connectivity index (χ3v) is 5.94. The van der Waals surface area contributed by atoms with Crippen molar-refractivity contribution >= 4 is 30.7 Å². The minimum atomic E-state index is -0.110. The summed E-state index contributed by atoms with van der Waals surface area (Å²) in [4.78, 5) is 15.0. The smallest absolute Gasteiger partial charge is 0.273 e. The average Bonchev–Trinajstić information content (AvgIpc) is 3.13. The van der Waals surface area contributed by atoms with Gasteiger partial charge in [0.1, 0.15) is 0 Å². The zero-order valence-corrected chi connectivity index (χ0v) is 19.1.